The Kier molecular flexibility index (Phi) is 5.04. The zero-order chi connectivity index (χ0) is 11.1. The van der Waals surface area contributed by atoms with E-state index in [4.69, 9.17) is 18.0 Å². The molecule has 0 unspecified atom stereocenters. The number of nitrogens with one attached hydrogen (secondary N) is 1. The minimum absolute atomic E-state index is 0.411. The molecule has 0 aliphatic carbocycles. The first-order chi connectivity index (χ1) is 7.24. The van der Waals surface area contributed by atoms with Crippen molar-refractivity contribution in [3.8, 4) is 0 Å². The van der Waals surface area contributed by atoms with Crippen LogP contribution in [0.25, 0.3) is 0 Å². The van der Waals surface area contributed by atoms with Gasteiger partial charge in [-0.25, -0.2) is 4.98 Å². The van der Waals surface area contributed by atoms with E-state index in [0.717, 1.165) is 24.3 Å². The van der Waals surface area contributed by atoms with Crippen molar-refractivity contribution < 1.29 is 0 Å². The van der Waals surface area contributed by atoms with Crippen molar-refractivity contribution in [2.75, 3.05) is 11.9 Å². The lowest BCUT2D eigenvalue weighted by Gasteiger charge is -2.06. The minimum Gasteiger partial charge on any atom is -0.389 e. The maximum absolute atomic E-state index is 5.53. The van der Waals surface area contributed by atoms with Gasteiger partial charge in [-0.05, 0) is 18.6 Å². The average molecular weight is 223 g/mol. The number of thiocarbonyl (C=S) groups is 1. The van der Waals surface area contributed by atoms with Crippen LogP contribution in [-0.2, 0) is 0 Å². The average Bonchev–Trinajstić information content (AvgIpc) is 2.25. The topological polar surface area (TPSA) is 50.9 Å². The van der Waals surface area contributed by atoms with E-state index in [2.05, 4.69) is 17.2 Å². The molecule has 82 valence electrons. The number of aromatic nitrogens is 1. The van der Waals surface area contributed by atoms with Crippen LogP contribution in [0, 0.1) is 0 Å². The molecule has 1 heterocycles. The van der Waals surface area contributed by atoms with E-state index in [1.807, 2.05) is 12.1 Å². The van der Waals surface area contributed by atoms with Crippen molar-refractivity contribution in [1.29, 1.82) is 0 Å². The molecule has 0 fully saturated rings. The summed E-state index contributed by atoms with van der Waals surface area (Å²) in [5.74, 6) is 0.844. The smallest absolute Gasteiger partial charge is 0.126 e. The van der Waals surface area contributed by atoms with Gasteiger partial charge in [-0.3, -0.25) is 0 Å². The lowest BCUT2D eigenvalue weighted by atomic mass is 10.2. The molecular weight excluding hydrogens is 206 g/mol. The van der Waals surface area contributed by atoms with E-state index in [1.54, 1.807) is 6.20 Å². The number of pyridine rings is 1. The molecule has 3 N–H and O–H groups in total. The molecule has 0 bridgehead atoms. The van der Waals surface area contributed by atoms with E-state index in [1.165, 1.54) is 12.8 Å². The highest BCUT2D eigenvalue weighted by Gasteiger charge is 1.98. The first-order valence-electron chi connectivity index (χ1n) is 5.23. The second-order valence-electron chi connectivity index (χ2n) is 3.43. The Morgan fingerprint density at radius 1 is 1.53 bits per heavy atom. The van der Waals surface area contributed by atoms with E-state index < -0.39 is 0 Å². The van der Waals surface area contributed by atoms with Crippen molar-refractivity contribution in [2.45, 2.75) is 26.2 Å². The second kappa shape index (κ2) is 6.35. The summed E-state index contributed by atoms with van der Waals surface area (Å²) in [6.07, 6.45) is 5.34. The van der Waals surface area contributed by atoms with Crippen LogP contribution in [0.15, 0.2) is 18.3 Å². The van der Waals surface area contributed by atoms with Crippen molar-refractivity contribution in [2.24, 2.45) is 5.73 Å². The summed E-state index contributed by atoms with van der Waals surface area (Å²) in [6.45, 7) is 3.13. The van der Waals surface area contributed by atoms with Gasteiger partial charge in [-0.2, -0.15) is 0 Å². The Hall–Kier alpha value is -1.16. The van der Waals surface area contributed by atoms with Gasteiger partial charge in [0.1, 0.15) is 10.8 Å². The molecule has 0 saturated heterocycles. The monoisotopic (exact) mass is 223 g/mol. The van der Waals surface area contributed by atoms with Gasteiger partial charge in [0.05, 0.1) is 0 Å². The van der Waals surface area contributed by atoms with E-state index >= 15 is 0 Å². The van der Waals surface area contributed by atoms with Crippen LogP contribution < -0.4 is 11.1 Å². The van der Waals surface area contributed by atoms with Crippen LogP contribution in [-0.4, -0.2) is 16.5 Å². The lowest BCUT2D eigenvalue weighted by Crippen LogP contribution is -2.11. The maximum atomic E-state index is 5.53. The van der Waals surface area contributed by atoms with Crippen LogP contribution in [0.3, 0.4) is 0 Å². The predicted octanol–water partition coefficient (Wildman–Crippen LogP) is 2.32. The third kappa shape index (κ3) is 4.25. The van der Waals surface area contributed by atoms with E-state index in [9.17, 15) is 0 Å². The Morgan fingerprint density at radius 2 is 2.33 bits per heavy atom. The van der Waals surface area contributed by atoms with Gasteiger partial charge in [-0.1, -0.05) is 32.0 Å². The molecule has 0 aliphatic heterocycles. The molecule has 3 nitrogen and oxygen atoms in total. The lowest BCUT2D eigenvalue weighted by molar-refractivity contribution is 0.742. The predicted molar refractivity (Wildman–Crippen MR) is 68.1 cm³/mol. The number of unbranched alkanes of at least 4 members (excludes halogenated alkanes) is 2. The highest BCUT2D eigenvalue weighted by atomic mass is 32.1. The molecule has 0 spiro atoms. The van der Waals surface area contributed by atoms with Gasteiger partial charge in [0.25, 0.3) is 0 Å². The Labute approximate surface area is 96.1 Å². The van der Waals surface area contributed by atoms with Crippen molar-refractivity contribution in [3.05, 3.63) is 23.9 Å². The Bertz CT molecular complexity index is 325. The Morgan fingerprint density at radius 3 is 3.00 bits per heavy atom. The van der Waals surface area contributed by atoms with Crippen LogP contribution in [0.2, 0.25) is 0 Å². The molecule has 1 aromatic heterocycles. The van der Waals surface area contributed by atoms with Gasteiger partial charge in [-0.15, -0.1) is 0 Å². The first kappa shape index (κ1) is 11.9. The molecule has 1 aromatic rings. The molecule has 4 heteroatoms. The number of anilines is 1. The molecule has 0 saturated carbocycles. The molecular formula is C11H17N3S. The molecule has 15 heavy (non-hydrogen) atoms. The van der Waals surface area contributed by atoms with E-state index in [0.29, 0.717) is 4.99 Å². The fraction of sp³-hybridized carbons (Fsp3) is 0.455. The summed E-state index contributed by atoms with van der Waals surface area (Å²) < 4.78 is 0. The van der Waals surface area contributed by atoms with Gasteiger partial charge in [0, 0.05) is 18.3 Å². The van der Waals surface area contributed by atoms with Gasteiger partial charge < -0.3 is 11.1 Å². The summed E-state index contributed by atoms with van der Waals surface area (Å²) in [7, 11) is 0. The highest BCUT2D eigenvalue weighted by molar-refractivity contribution is 7.80. The van der Waals surface area contributed by atoms with Crippen LogP contribution in [0.5, 0.6) is 0 Å². The van der Waals surface area contributed by atoms with Crippen LogP contribution >= 0.6 is 12.2 Å². The summed E-state index contributed by atoms with van der Waals surface area (Å²) >= 11 is 4.90. The van der Waals surface area contributed by atoms with Crippen LogP contribution in [0.1, 0.15) is 31.7 Å². The third-order valence-electron chi connectivity index (χ3n) is 2.13. The van der Waals surface area contributed by atoms with Crippen molar-refractivity contribution in [1.82, 2.24) is 4.98 Å². The number of hydrogen-bond donors (Lipinski definition) is 2. The molecule has 0 aromatic carbocycles. The number of rotatable bonds is 6. The summed E-state index contributed by atoms with van der Waals surface area (Å²) in [5.41, 5.74) is 6.39. The van der Waals surface area contributed by atoms with Crippen molar-refractivity contribution in [3.63, 3.8) is 0 Å². The molecule has 0 atom stereocenters. The molecule has 0 amide bonds. The second-order valence-corrected chi connectivity index (χ2v) is 3.87. The fourth-order valence-electron chi connectivity index (χ4n) is 1.27. The SMILES string of the molecule is CCCCCNc1cc(C(N)=S)ccn1. The first-order valence-corrected chi connectivity index (χ1v) is 5.64. The number of nitrogens with two attached hydrogens (primary N) is 1. The van der Waals surface area contributed by atoms with Gasteiger partial charge in [0.15, 0.2) is 0 Å². The third-order valence-corrected chi connectivity index (χ3v) is 2.37. The minimum atomic E-state index is 0.411. The molecule has 0 radical (unpaired) electrons. The number of nitrogens with zero attached hydrogens (tertiary/aromatic N) is 1. The quantitative estimate of drug-likeness (QED) is 0.574. The van der Waals surface area contributed by atoms with Gasteiger partial charge in [0.2, 0.25) is 0 Å². The van der Waals surface area contributed by atoms with Crippen molar-refractivity contribution >= 4 is 23.0 Å². The normalized spacial score (nSPS) is 9.93. The zero-order valence-corrected chi connectivity index (χ0v) is 9.81. The largest absolute Gasteiger partial charge is 0.389 e. The standard InChI is InChI=1S/C11H17N3S/c1-2-3-4-6-13-10-8-9(11(12)15)5-7-14-10/h5,7-8H,2-4,6H2,1H3,(H2,12,15)(H,13,14). The maximum Gasteiger partial charge on any atom is 0.126 e. The Balaban J connectivity index is 2.47. The fourth-order valence-corrected chi connectivity index (χ4v) is 1.40. The summed E-state index contributed by atoms with van der Waals surface area (Å²) in [5, 5.41) is 3.25. The van der Waals surface area contributed by atoms with Gasteiger partial charge >= 0.3 is 0 Å². The highest BCUT2D eigenvalue weighted by Crippen LogP contribution is 2.07. The number of hydrogen-bond acceptors (Lipinski definition) is 3. The molecule has 1 rings (SSSR count). The zero-order valence-electron chi connectivity index (χ0n) is 8.99. The summed E-state index contributed by atoms with van der Waals surface area (Å²) in [4.78, 5) is 4.60. The summed E-state index contributed by atoms with van der Waals surface area (Å²) in [6, 6.07) is 3.70. The molecule has 0 aliphatic rings. The van der Waals surface area contributed by atoms with Crippen LogP contribution in [0.4, 0.5) is 5.82 Å². The van der Waals surface area contributed by atoms with E-state index in [-0.39, 0.29) is 0 Å².